The molecule has 0 radical (unpaired) electrons. The van der Waals surface area contributed by atoms with Crippen LogP contribution in [0.3, 0.4) is 0 Å². The third-order valence-corrected chi connectivity index (χ3v) is 10.9. The lowest BCUT2D eigenvalue weighted by Crippen LogP contribution is -2.61. The maximum atomic E-state index is 12.9. The van der Waals surface area contributed by atoms with Crippen LogP contribution in [0.4, 0.5) is 5.69 Å². The molecule has 0 spiro atoms. The maximum Gasteiger partial charge on any atom is 0.344 e. The Kier molecular flexibility index (Phi) is 8.40. The van der Waals surface area contributed by atoms with Crippen molar-refractivity contribution in [2.24, 2.45) is 28.6 Å². The summed E-state index contributed by atoms with van der Waals surface area (Å²) in [6.45, 7) is 6.12. The Bertz CT molecular complexity index is 1000. The number of esters is 1. The molecule has 6 nitrogen and oxygen atoms in total. The molecule has 0 unspecified atom stereocenters. The molecule has 8 heteroatoms. The van der Waals surface area contributed by atoms with Gasteiger partial charge in [-0.25, -0.2) is 4.79 Å². The number of piperidine rings is 1. The molecule has 1 saturated heterocycles. The van der Waals surface area contributed by atoms with Crippen LogP contribution in [0.15, 0.2) is 24.3 Å². The quantitative estimate of drug-likeness (QED) is 0.304. The standard InChI is InChI=1S/C30H42Cl2N2O4/c1-29-14-12-27(35)33-25(29)9-7-22-23-8-10-26(30(23,2)13-11-24(22)29)38-28(36)19-37-21-5-3-20(4-6-21)34(17-15-31)18-16-32/h3-6,22-26H,7-19H2,1-2H3,(H,33,35)/t22-,23+,24-,25+,26-,29+,30+/m0/s1. The first-order valence-corrected chi connectivity index (χ1v) is 15.4. The summed E-state index contributed by atoms with van der Waals surface area (Å²) in [4.78, 5) is 27.0. The van der Waals surface area contributed by atoms with Crippen molar-refractivity contribution in [2.45, 2.75) is 77.4 Å². The number of anilines is 1. The summed E-state index contributed by atoms with van der Waals surface area (Å²) in [6.07, 6.45) is 8.12. The summed E-state index contributed by atoms with van der Waals surface area (Å²) in [5.41, 5.74) is 1.25. The molecule has 5 rings (SSSR count). The number of carbonyl (C=O) groups excluding carboxylic acids is 2. The summed E-state index contributed by atoms with van der Waals surface area (Å²) in [5, 5.41) is 3.31. The summed E-state index contributed by atoms with van der Waals surface area (Å²) < 4.78 is 11.9. The number of rotatable bonds is 9. The van der Waals surface area contributed by atoms with Crippen LogP contribution < -0.4 is 15.0 Å². The number of amides is 1. The van der Waals surface area contributed by atoms with Gasteiger partial charge in [-0.05, 0) is 92.4 Å². The molecule has 1 aliphatic heterocycles. The highest BCUT2D eigenvalue weighted by atomic mass is 35.5. The van der Waals surface area contributed by atoms with E-state index in [1.807, 2.05) is 24.3 Å². The van der Waals surface area contributed by atoms with Gasteiger partial charge in [0, 0.05) is 48.4 Å². The van der Waals surface area contributed by atoms with Crippen molar-refractivity contribution in [3.8, 4) is 5.75 Å². The van der Waals surface area contributed by atoms with Crippen molar-refractivity contribution in [1.29, 1.82) is 0 Å². The van der Waals surface area contributed by atoms with Gasteiger partial charge < -0.3 is 19.7 Å². The van der Waals surface area contributed by atoms with E-state index in [4.69, 9.17) is 32.7 Å². The molecule has 4 aliphatic rings. The van der Waals surface area contributed by atoms with Crippen molar-refractivity contribution in [1.82, 2.24) is 5.32 Å². The monoisotopic (exact) mass is 564 g/mol. The van der Waals surface area contributed by atoms with Gasteiger partial charge >= 0.3 is 5.97 Å². The number of fused-ring (bicyclic) bond motifs is 5. The Morgan fingerprint density at radius 1 is 0.974 bits per heavy atom. The number of carbonyl (C=O) groups is 2. The molecular weight excluding hydrogens is 523 g/mol. The number of nitrogens with one attached hydrogen (secondary N) is 1. The van der Waals surface area contributed by atoms with Crippen LogP contribution in [0.25, 0.3) is 0 Å². The Labute approximate surface area is 237 Å². The number of hydrogen-bond acceptors (Lipinski definition) is 5. The minimum atomic E-state index is -0.292. The maximum absolute atomic E-state index is 12.9. The third kappa shape index (κ3) is 5.24. The van der Waals surface area contributed by atoms with Crippen LogP contribution in [0, 0.1) is 28.6 Å². The number of alkyl halides is 2. The first kappa shape index (κ1) is 27.9. The minimum Gasteiger partial charge on any atom is -0.482 e. The van der Waals surface area contributed by atoms with Crippen LogP contribution in [-0.4, -0.2) is 55.5 Å². The molecule has 0 aromatic heterocycles. The van der Waals surface area contributed by atoms with E-state index in [2.05, 4.69) is 24.1 Å². The Balaban J connectivity index is 1.16. The van der Waals surface area contributed by atoms with Gasteiger partial charge in [-0.15, -0.1) is 23.2 Å². The number of nitrogens with zero attached hydrogens (tertiary/aromatic N) is 1. The summed E-state index contributed by atoms with van der Waals surface area (Å²) >= 11 is 11.8. The fourth-order valence-electron chi connectivity index (χ4n) is 8.51. The normalized spacial score (nSPS) is 35.9. The predicted octanol–water partition coefficient (Wildman–Crippen LogP) is 5.78. The highest BCUT2D eigenvalue weighted by Gasteiger charge is 2.61. The molecule has 3 aliphatic carbocycles. The first-order valence-electron chi connectivity index (χ1n) is 14.4. The van der Waals surface area contributed by atoms with Crippen molar-refractivity contribution in [2.75, 3.05) is 36.4 Å². The predicted molar refractivity (Wildman–Crippen MR) is 151 cm³/mol. The van der Waals surface area contributed by atoms with E-state index in [1.54, 1.807) is 0 Å². The minimum absolute atomic E-state index is 0.0217. The molecule has 0 bridgehead atoms. The van der Waals surface area contributed by atoms with Gasteiger partial charge in [-0.3, -0.25) is 4.79 Å². The first-order chi connectivity index (χ1) is 18.3. The molecule has 1 aromatic carbocycles. The zero-order chi connectivity index (χ0) is 26.9. The van der Waals surface area contributed by atoms with Crippen LogP contribution >= 0.6 is 23.2 Å². The number of benzene rings is 1. The number of ether oxygens (including phenoxy) is 2. The fourth-order valence-corrected chi connectivity index (χ4v) is 8.92. The Morgan fingerprint density at radius 2 is 1.68 bits per heavy atom. The van der Waals surface area contributed by atoms with Crippen molar-refractivity contribution < 1.29 is 19.1 Å². The molecule has 1 aromatic rings. The molecule has 4 fully saturated rings. The van der Waals surface area contributed by atoms with E-state index in [9.17, 15) is 9.59 Å². The molecule has 210 valence electrons. The molecule has 7 atom stereocenters. The second-order valence-corrected chi connectivity index (χ2v) is 13.1. The Hall–Kier alpha value is -1.66. The van der Waals surface area contributed by atoms with Gasteiger partial charge in [-0.2, -0.15) is 0 Å². The number of halogens is 2. The molecular formula is C30H42Cl2N2O4. The van der Waals surface area contributed by atoms with Crippen molar-refractivity contribution >= 4 is 40.8 Å². The highest BCUT2D eigenvalue weighted by Crippen LogP contribution is 2.64. The summed E-state index contributed by atoms with van der Waals surface area (Å²) in [6, 6.07) is 7.99. The molecule has 1 N–H and O–H groups in total. The summed E-state index contributed by atoms with van der Waals surface area (Å²) in [7, 11) is 0. The summed E-state index contributed by atoms with van der Waals surface area (Å²) in [5.74, 6) is 3.50. The SMILES string of the molecule is C[C@@]12CC[C@H]3[C@@H](CC[C@H]4NC(=O)CC[C@@]43C)[C@H]1CC[C@@H]2OC(=O)COc1ccc(N(CCCl)CCCl)cc1. The van der Waals surface area contributed by atoms with E-state index >= 15 is 0 Å². The lowest BCUT2D eigenvalue weighted by molar-refractivity contribution is -0.164. The second-order valence-electron chi connectivity index (χ2n) is 12.3. The smallest absolute Gasteiger partial charge is 0.344 e. The van der Waals surface area contributed by atoms with Gasteiger partial charge in [0.15, 0.2) is 6.61 Å². The Morgan fingerprint density at radius 3 is 2.39 bits per heavy atom. The van der Waals surface area contributed by atoms with Crippen LogP contribution in [0.1, 0.15) is 65.2 Å². The van der Waals surface area contributed by atoms with E-state index < -0.39 is 0 Å². The second kappa shape index (κ2) is 11.4. The van der Waals surface area contributed by atoms with Crippen LogP contribution in [0.5, 0.6) is 5.75 Å². The number of hydrogen-bond donors (Lipinski definition) is 1. The highest BCUT2D eigenvalue weighted by molar-refractivity contribution is 6.18. The lowest BCUT2D eigenvalue weighted by atomic mass is 9.47. The van der Waals surface area contributed by atoms with Crippen LogP contribution in [0.2, 0.25) is 0 Å². The van der Waals surface area contributed by atoms with Gasteiger partial charge in [0.05, 0.1) is 0 Å². The van der Waals surface area contributed by atoms with E-state index in [-0.39, 0.29) is 35.4 Å². The van der Waals surface area contributed by atoms with Gasteiger partial charge in [-0.1, -0.05) is 13.8 Å². The van der Waals surface area contributed by atoms with E-state index in [1.165, 1.54) is 6.42 Å². The molecule has 1 amide bonds. The van der Waals surface area contributed by atoms with Gasteiger partial charge in [0.2, 0.25) is 5.91 Å². The van der Waals surface area contributed by atoms with Gasteiger partial charge in [0.25, 0.3) is 0 Å². The van der Waals surface area contributed by atoms with E-state index in [0.717, 1.165) is 57.3 Å². The zero-order valence-corrected chi connectivity index (χ0v) is 24.2. The lowest BCUT2D eigenvalue weighted by Gasteiger charge is -2.60. The third-order valence-electron chi connectivity index (χ3n) is 10.5. The average molecular weight is 566 g/mol. The topological polar surface area (TPSA) is 67.9 Å². The van der Waals surface area contributed by atoms with E-state index in [0.29, 0.717) is 47.7 Å². The average Bonchev–Trinajstić information content (AvgIpc) is 3.24. The zero-order valence-electron chi connectivity index (χ0n) is 22.7. The van der Waals surface area contributed by atoms with Crippen LogP contribution in [-0.2, 0) is 14.3 Å². The van der Waals surface area contributed by atoms with Crippen molar-refractivity contribution in [3.05, 3.63) is 24.3 Å². The molecule has 3 saturated carbocycles. The van der Waals surface area contributed by atoms with Gasteiger partial charge in [0.1, 0.15) is 11.9 Å². The molecule has 38 heavy (non-hydrogen) atoms. The fraction of sp³-hybridized carbons (Fsp3) is 0.733. The van der Waals surface area contributed by atoms with Crippen molar-refractivity contribution in [3.63, 3.8) is 0 Å². The molecule has 1 heterocycles. The largest absolute Gasteiger partial charge is 0.482 e.